The Bertz CT molecular complexity index is 1710. The van der Waals surface area contributed by atoms with Gasteiger partial charge in [0, 0.05) is 47.1 Å². The fourth-order valence-corrected chi connectivity index (χ4v) is 10.0. The molecule has 238 valence electrons. The molecule has 3 heterocycles. The zero-order valence-electron chi connectivity index (χ0n) is 25.0. The molecular formula is C34H38ClN3O5S2. The molecule has 2 bridgehead atoms. The number of benzene rings is 2. The molecule has 4 aliphatic rings. The summed E-state index contributed by atoms with van der Waals surface area (Å²) in [7, 11) is -4.03. The number of carbonyl (C=O) groups is 1. The number of sulfonamides is 1. The third kappa shape index (κ3) is 6.14. The summed E-state index contributed by atoms with van der Waals surface area (Å²) in [6.45, 7) is 1.88. The van der Waals surface area contributed by atoms with Crippen LogP contribution in [0.25, 0.3) is 0 Å². The smallest absolute Gasteiger partial charge is 0.264 e. The summed E-state index contributed by atoms with van der Waals surface area (Å²) in [6.07, 6.45) is 10.6. The summed E-state index contributed by atoms with van der Waals surface area (Å²) in [6, 6.07) is 11.4. The standard InChI is InChI=1S/C34H38ClN3O5S2/c35-25-9-11-28-22(16-25)4-3-13-34(28)20-38-19-24-7-10-27(24)30(39)6-2-1-5-26(18-32-36-14-15-44-32)45(41,42)37-33(40)23-8-12-31(43-21-34)29(38)17-23/h2,6,8-9,11-12,14-17,24,26-27,30,39H,1,3-5,7,10,13,18-21H2,(H,37,40)/b6-2-/t24-,26+,27+,30-,34-/m0/s1. The van der Waals surface area contributed by atoms with Gasteiger partial charge in [0.25, 0.3) is 5.91 Å². The van der Waals surface area contributed by atoms with Crippen LogP contribution in [0.15, 0.2) is 60.1 Å². The Morgan fingerprint density at radius 1 is 1.18 bits per heavy atom. The van der Waals surface area contributed by atoms with Crippen molar-refractivity contribution in [2.24, 2.45) is 11.8 Å². The van der Waals surface area contributed by atoms with Crippen molar-refractivity contribution < 1.29 is 23.1 Å². The number of aryl methyl sites for hydroxylation is 1. The van der Waals surface area contributed by atoms with E-state index < -0.39 is 27.3 Å². The molecule has 1 aromatic heterocycles. The second-order valence-corrected chi connectivity index (χ2v) is 16.4. The quantitative estimate of drug-likeness (QED) is 0.339. The topological polar surface area (TPSA) is 109 Å². The van der Waals surface area contributed by atoms with Gasteiger partial charge in [-0.1, -0.05) is 29.8 Å². The first-order valence-electron chi connectivity index (χ1n) is 15.8. The minimum Gasteiger partial charge on any atom is -0.490 e. The number of rotatable bonds is 2. The van der Waals surface area contributed by atoms with E-state index in [1.54, 1.807) is 24.4 Å². The minimum absolute atomic E-state index is 0.108. The predicted molar refractivity (Wildman–Crippen MR) is 177 cm³/mol. The van der Waals surface area contributed by atoms with E-state index in [1.807, 2.05) is 23.6 Å². The van der Waals surface area contributed by atoms with Crippen LogP contribution in [0, 0.1) is 11.8 Å². The van der Waals surface area contributed by atoms with Crippen molar-refractivity contribution in [1.29, 1.82) is 0 Å². The van der Waals surface area contributed by atoms with Gasteiger partial charge in [-0.25, -0.2) is 18.1 Å². The second-order valence-electron chi connectivity index (χ2n) is 13.0. The summed E-state index contributed by atoms with van der Waals surface area (Å²) < 4.78 is 36.2. The molecule has 45 heavy (non-hydrogen) atoms. The van der Waals surface area contributed by atoms with E-state index in [2.05, 4.69) is 26.7 Å². The fourth-order valence-electron chi connectivity index (χ4n) is 7.66. The molecule has 1 saturated carbocycles. The van der Waals surface area contributed by atoms with Gasteiger partial charge in [0.05, 0.1) is 28.7 Å². The summed E-state index contributed by atoms with van der Waals surface area (Å²) in [4.78, 5) is 20.2. The lowest BCUT2D eigenvalue weighted by Crippen LogP contribution is -2.49. The number of thiazole rings is 1. The predicted octanol–water partition coefficient (Wildman–Crippen LogP) is 5.68. The molecule has 1 amide bonds. The highest BCUT2D eigenvalue weighted by Crippen LogP contribution is 2.46. The van der Waals surface area contributed by atoms with Crippen molar-refractivity contribution in [2.45, 2.75) is 68.1 Å². The molecule has 0 radical (unpaired) electrons. The normalized spacial score (nSPS) is 30.2. The Balaban J connectivity index is 1.27. The SMILES string of the molecule is O=C1NS(=O)(=O)[C@@H](Cc2nccs2)CC/C=C\[C@H](O)[C@@H]2CC[C@H]2CN2C[C@@]3(CCCc4cc(Cl)ccc43)COc3ccc1cc32. The zero-order chi connectivity index (χ0) is 31.2. The Morgan fingerprint density at radius 2 is 2.07 bits per heavy atom. The molecule has 11 heteroatoms. The van der Waals surface area contributed by atoms with Crippen LogP contribution in [-0.2, 0) is 28.3 Å². The van der Waals surface area contributed by atoms with Crippen LogP contribution >= 0.6 is 22.9 Å². The lowest BCUT2D eigenvalue weighted by Gasteiger charge is -2.45. The van der Waals surface area contributed by atoms with Crippen LogP contribution in [-0.4, -0.2) is 55.5 Å². The minimum atomic E-state index is -4.03. The van der Waals surface area contributed by atoms with Gasteiger partial charge < -0.3 is 14.7 Å². The highest BCUT2D eigenvalue weighted by Gasteiger charge is 2.44. The number of aromatic nitrogens is 1. The third-order valence-electron chi connectivity index (χ3n) is 10.2. The zero-order valence-corrected chi connectivity index (χ0v) is 27.4. The molecule has 1 fully saturated rings. The van der Waals surface area contributed by atoms with E-state index in [4.69, 9.17) is 16.3 Å². The largest absolute Gasteiger partial charge is 0.490 e. The molecule has 2 N–H and O–H groups in total. The Hall–Kier alpha value is -2.92. The summed E-state index contributed by atoms with van der Waals surface area (Å²) in [5.74, 6) is 0.394. The van der Waals surface area contributed by atoms with Crippen molar-refractivity contribution in [2.75, 3.05) is 24.6 Å². The highest BCUT2D eigenvalue weighted by molar-refractivity contribution is 7.90. The number of hydrogen-bond donors (Lipinski definition) is 2. The number of ether oxygens (including phenoxy) is 1. The molecule has 7 rings (SSSR count). The molecule has 2 aliphatic heterocycles. The lowest BCUT2D eigenvalue weighted by atomic mass is 9.68. The lowest BCUT2D eigenvalue weighted by molar-refractivity contribution is 0.0456. The molecule has 1 spiro atoms. The van der Waals surface area contributed by atoms with Crippen LogP contribution in [0.5, 0.6) is 5.75 Å². The first-order valence-corrected chi connectivity index (χ1v) is 18.6. The average Bonchev–Trinajstić information content (AvgIpc) is 3.46. The molecule has 3 aromatic rings. The number of allylic oxidation sites excluding steroid dienone is 1. The number of aliphatic hydroxyl groups is 1. The van der Waals surface area contributed by atoms with Crippen LogP contribution in [0.3, 0.4) is 0 Å². The molecule has 0 saturated heterocycles. The van der Waals surface area contributed by atoms with Crippen LogP contribution in [0.2, 0.25) is 5.02 Å². The number of carbonyl (C=O) groups excluding carboxylic acids is 1. The van der Waals surface area contributed by atoms with Crippen molar-refractivity contribution in [3.63, 3.8) is 0 Å². The second kappa shape index (κ2) is 12.4. The number of halogens is 1. The van der Waals surface area contributed by atoms with Crippen molar-refractivity contribution in [1.82, 2.24) is 9.71 Å². The number of hydrogen-bond acceptors (Lipinski definition) is 8. The number of amides is 1. The maximum Gasteiger partial charge on any atom is 0.264 e. The fraction of sp³-hybridized carbons (Fsp3) is 0.471. The molecule has 2 aromatic carbocycles. The molecule has 5 atom stereocenters. The maximum absolute atomic E-state index is 13.6. The van der Waals surface area contributed by atoms with Crippen LogP contribution < -0.4 is 14.4 Å². The van der Waals surface area contributed by atoms with E-state index in [1.165, 1.54) is 22.5 Å². The first kappa shape index (κ1) is 30.7. The Kier molecular flexibility index (Phi) is 8.43. The van der Waals surface area contributed by atoms with E-state index in [0.717, 1.165) is 42.8 Å². The van der Waals surface area contributed by atoms with Gasteiger partial charge in [0.2, 0.25) is 10.0 Å². The van der Waals surface area contributed by atoms with E-state index >= 15 is 0 Å². The van der Waals surface area contributed by atoms with Gasteiger partial charge in [0.1, 0.15) is 5.75 Å². The van der Waals surface area contributed by atoms with Crippen LogP contribution in [0.1, 0.15) is 65.0 Å². The number of fused-ring (bicyclic) bond motifs is 4. The van der Waals surface area contributed by atoms with Gasteiger partial charge >= 0.3 is 0 Å². The number of nitrogens with zero attached hydrogens (tertiary/aromatic N) is 2. The Labute approximate surface area is 273 Å². The van der Waals surface area contributed by atoms with E-state index in [9.17, 15) is 18.3 Å². The van der Waals surface area contributed by atoms with Gasteiger partial charge in [-0.2, -0.15) is 0 Å². The van der Waals surface area contributed by atoms with Crippen LogP contribution in [0.4, 0.5) is 5.69 Å². The van der Waals surface area contributed by atoms with E-state index in [0.29, 0.717) is 43.3 Å². The highest BCUT2D eigenvalue weighted by atomic mass is 35.5. The number of nitrogens with one attached hydrogen (secondary N) is 1. The van der Waals surface area contributed by atoms with Gasteiger partial charge in [-0.05, 0) is 98.2 Å². The summed E-state index contributed by atoms with van der Waals surface area (Å²) in [5, 5.41) is 13.6. The average molecular weight is 668 g/mol. The van der Waals surface area contributed by atoms with Gasteiger partial charge in [-0.3, -0.25) is 4.79 Å². The molecular weight excluding hydrogens is 630 g/mol. The van der Waals surface area contributed by atoms with Crippen molar-refractivity contribution >= 4 is 44.6 Å². The Morgan fingerprint density at radius 3 is 2.87 bits per heavy atom. The molecule has 8 nitrogen and oxygen atoms in total. The first-order chi connectivity index (χ1) is 21.7. The third-order valence-corrected chi connectivity index (χ3v) is 13.0. The van der Waals surface area contributed by atoms with Crippen molar-refractivity contribution in [3.05, 3.63) is 86.8 Å². The molecule has 2 aliphatic carbocycles. The number of aliphatic hydroxyl groups excluding tert-OH is 1. The summed E-state index contributed by atoms with van der Waals surface area (Å²) >= 11 is 7.80. The maximum atomic E-state index is 13.6. The van der Waals surface area contributed by atoms with E-state index in [-0.39, 0.29) is 29.2 Å². The van der Waals surface area contributed by atoms with Gasteiger partial charge in [-0.15, -0.1) is 11.3 Å². The molecule has 0 unspecified atom stereocenters. The number of anilines is 1. The monoisotopic (exact) mass is 667 g/mol. The van der Waals surface area contributed by atoms with Crippen molar-refractivity contribution in [3.8, 4) is 5.75 Å². The van der Waals surface area contributed by atoms with Gasteiger partial charge in [0.15, 0.2) is 0 Å². The summed E-state index contributed by atoms with van der Waals surface area (Å²) in [5.41, 5.74) is 3.27.